The first kappa shape index (κ1) is 17.8. The maximum Gasteiger partial charge on any atom is 0.573 e. The molecular weight excluding hydrogens is 333 g/mol. The molecular formula is C14H17F3N2O3S. The Morgan fingerprint density at radius 1 is 1.22 bits per heavy atom. The largest absolute Gasteiger partial charge is 0.573 e. The Labute approximate surface area is 133 Å². The Bertz CT molecular complexity index is 653. The molecule has 1 fully saturated rings. The Morgan fingerprint density at radius 3 is 2.43 bits per heavy atom. The fourth-order valence-corrected chi connectivity index (χ4v) is 3.23. The summed E-state index contributed by atoms with van der Waals surface area (Å²) in [5.41, 5.74) is 0.673. The van der Waals surface area contributed by atoms with Gasteiger partial charge in [0.15, 0.2) is 0 Å². The zero-order valence-electron chi connectivity index (χ0n) is 12.3. The fourth-order valence-electron chi connectivity index (χ4n) is 2.35. The lowest BCUT2D eigenvalue weighted by Crippen LogP contribution is -2.47. The molecule has 1 saturated heterocycles. The van der Waals surface area contributed by atoms with Crippen LogP contribution in [0, 0.1) is 0 Å². The van der Waals surface area contributed by atoms with E-state index < -0.39 is 16.4 Å². The summed E-state index contributed by atoms with van der Waals surface area (Å²) in [4.78, 5) is 1.97. The lowest BCUT2D eigenvalue weighted by molar-refractivity contribution is -0.274. The third-order valence-electron chi connectivity index (χ3n) is 3.44. The van der Waals surface area contributed by atoms with Crippen molar-refractivity contribution in [3.8, 4) is 5.75 Å². The highest BCUT2D eigenvalue weighted by Gasteiger charge is 2.31. The molecule has 2 rings (SSSR count). The minimum absolute atomic E-state index is 0.261. The van der Waals surface area contributed by atoms with Crippen LogP contribution < -0.4 is 4.74 Å². The normalized spacial score (nSPS) is 17.9. The molecule has 5 nitrogen and oxygen atoms in total. The van der Waals surface area contributed by atoms with Crippen LogP contribution in [-0.2, 0) is 16.6 Å². The molecule has 128 valence electrons. The maximum absolute atomic E-state index is 12.2. The van der Waals surface area contributed by atoms with Gasteiger partial charge in [0.1, 0.15) is 5.75 Å². The van der Waals surface area contributed by atoms with Gasteiger partial charge >= 0.3 is 6.36 Å². The second-order valence-electron chi connectivity index (χ2n) is 5.08. The maximum atomic E-state index is 12.2. The second kappa shape index (κ2) is 6.90. The van der Waals surface area contributed by atoms with Gasteiger partial charge in [-0.25, -0.2) is 8.42 Å². The van der Waals surface area contributed by atoms with Crippen LogP contribution in [0.2, 0.25) is 0 Å². The van der Waals surface area contributed by atoms with Gasteiger partial charge in [0.05, 0.1) is 0 Å². The Kier molecular flexibility index (Phi) is 5.33. The van der Waals surface area contributed by atoms with Crippen LogP contribution >= 0.6 is 0 Å². The van der Waals surface area contributed by atoms with E-state index in [9.17, 15) is 21.6 Å². The molecule has 0 saturated carbocycles. The second-order valence-corrected chi connectivity index (χ2v) is 6.96. The third kappa shape index (κ3) is 5.22. The van der Waals surface area contributed by atoms with E-state index >= 15 is 0 Å². The SMILES string of the molecule is C=CS(=O)(=O)N1CCN(Cc2cccc(OC(F)(F)F)c2)CC1. The monoisotopic (exact) mass is 350 g/mol. The van der Waals surface area contributed by atoms with Crippen molar-refractivity contribution in [1.82, 2.24) is 9.21 Å². The lowest BCUT2D eigenvalue weighted by atomic mass is 10.2. The summed E-state index contributed by atoms with van der Waals surface area (Å²) in [5, 5.41) is 0.917. The van der Waals surface area contributed by atoms with Crippen LogP contribution in [-0.4, -0.2) is 50.2 Å². The van der Waals surface area contributed by atoms with Gasteiger partial charge in [0, 0.05) is 38.1 Å². The number of benzene rings is 1. The Hall–Kier alpha value is -1.58. The van der Waals surface area contributed by atoms with Gasteiger partial charge < -0.3 is 4.74 Å². The number of rotatable bonds is 5. The summed E-state index contributed by atoms with van der Waals surface area (Å²) in [6.07, 6.45) is -4.72. The molecule has 0 radical (unpaired) electrons. The van der Waals surface area contributed by atoms with E-state index in [1.807, 2.05) is 4.90 Å². The highest BCUT2D eigenvalue weighted by atomic mass is 32.2. The zero-order chi connectivity index (χ0) is 17.1. The van der Waals surface area contributed by atoms with E-state index in [-0.39, 0.29) is 5.75 Å². The molecule has 0 amide bonds. The van der Waals surface area contributed by atoms with E-state index in [4.69, 9.17) is 0 Å². The van der Waals surface area contributed by atoms with Crippen LogP contribution in [0.1, 0.15) is 5.56 Å². The summed E-state index contributed by atoms with van der Waals surface area (Å²) in [7, 11) is -3.42. The van der Waals surface area contributed by atoms with Gasteiger partial charge in [-0.3, -0.25) is 4.90 Å². The lowest BCUT2D eigenvalue weighted by Gasteiger charge is -2.33. The van der Waals surface area contributed by atoms with Crippen molar-refractivity contribution in [2.45, 2.75) is 12.9 Å². The highest BCUT2D eigenvalue weighted by Crippen LogP contribution is 2.24. The molecule has 1 aliphatic rings. The first-order chi connectivity index (χ1) is 10.7. The predicted octanol–water partition coefficient (Wildman–Crippen LogP) is 2.18. The van der Waals surface area contributed by atoms with Crippen molar-refractivity contribution < 1.29 is 26.3 Å². The number of nitrogens with zero attached hydrogens (tertiary/aromatic N) is 2. The smallest absolute Gasteiger partial charge is 0.406 e. The topological polar surface area (TPSA) is 49.9 Å². The van der Waals surface area contributed by atoms with Gasteiger partial charge in [-0.15, -0.1) is 13.2 Å². The standard InChI is InChI=1S/C14H17F3N2O3S/c1-2-23(20,21)19-8-6-18(7-9-19)11-12-4-3-5-13(10-12)22-14(15,16)17/h2-5,10H,1,6-9,11H2. The highest BCUT2D eigenvalue weighted by molar-refractivity contribution is 7.92. The molecule has 9 heteroatoms. The number of alkyl halides is 3. The van der Waals surface area contributed by atoms with E-state index in [1.54, 1.807) is 6.07 Å². The van der Waals surface area contributed by atoms with Gasteiger partial charge in [-0.05, 0) is 17.7 Å². The van der Waals surface area contributed by atoms with E-state index in [2.05, 4.69) is 11.3 Å². The number of hydrogen-bond donors (Lipinski definition) is 0. The molecule has 0 unspecified atom stereocenters. The van der Waals surface area contributed by atoms with E-state index in [0.717, 1.165) is 5.41 Å². The number of hydrogen-bond acceptors (Lipinski definition) is 4. The van der Waals surface area contributed by atoms with Crippen molar-refractivity contribution in [2.24, 2.45) is 0 Å². The molecule has 0 aliphatic carbocycles. The van der Waals surface area contributed by atoms with Gasteiger partial charge in [-0.1, -0.05) is 18.7 Å². The van der Waals surface area contributed by atoms with Crippen molar-refractivity contribution in [1.29, 1.82) is 0 Å². The number of halogens is 3. The van der Waals surface area contributed by atoms with Crippen LogP contribution in [0.15, 0.2) is 36.3 Å². The molecule has 1 heterocycles. The molecule has 1 aromatic rings. The Balaban J connectivity index is 1.94. The minimum Gasteiger partial charge on any atom is -0.406 e. The first-order valence-corrected chi connectivity index (χ1v) is 8.39. The molecule has 23 heavy (non-hydrogen) atoms. The molecule has 0 bridgehead atoms. The molecule has 0 aromatic heterocycles. The summed E-state index contributed by atoms with van der Waals surface area (Å²) in [6.45, 7) is 5.36. The Morgan fingerprint density at radius 2 is 1.87 bits per heavy atom. The predicted molar refractivity (Wildman–Crippen MR) is 79.1 cm³/mol. The van der Waals surface area contributed by atoms with Gasteiger partial charge in [0.25, 0.3) is 0 Å². The average Bonchev–Trinajstić information content (AvgIpc) is 2.46. The van der Waals surface area contributed by atoms with Crippen LogP contribution in [0.5, 0.6) is 5.75 Å². The summed E-state index contributed by atoms with van der Waals surface area (Å²) in [5.74, 6) is -0.261. The van der Waals surface area contributed by atoms with Gasteiger partial charge in [-0.2, -0.15) is 4.31 Å². The molecule has 1 aliphatic heterocycles. The molecule has 0 atom stereocenters. The van der Waals surface area contributed by atoms with Crippen molar-refractivity contribution >= 4 is 10.0 Å². The average molecular weight is 350 g/mol. The van der Waals surface area contributed by atoms with Crippen molar-refractivity contribution in [3.63, 3.8) is 0 Å². The third-order valence-corrected chi connectivity index (χ3v) is 4.95. The molecule has 1 aromatic carbocycles. The van der Waals surface area contributed by atoms with Crippen molar-refractivity contribution in [2.75, 3.05) is 26.2 Å². The molecule has 0 spiro atoms. The summed E-state index contributed by atoms with van der Waals surface area (Å²) in [6, 6.07) is 5.77. The summed E-state index contributed by atoms with van der Waals surface area (Å²) >= 11 is 0. The zero-order valence-corrected chi connectivity index (χ0v) is 13.1. The minimum atomic E-state index is -4.72. The quantitative estimate of drug-likeness (QED) is 0.817. The summed E-state index contributed by atoms with van der Waals surface area (Å²) < 4.78 is 65.2. The van der Waals surface area contributed by atoms with Crippen molar-refractivity contribution in [3.05, 3.63) is 41.8 Å². The fraction of sp³-hybridized carbons (Fsp3) is 0.429. The first-order valence-electron chi connectivity index (χ1n) is 6.89. The van der Waals surface area contributed by atoms with Crippen LogP contribution in [0.3, 0.4) is 0 Å². The van der Waals surface area contributed by atoms with E-state index in [0.29, 0.717) is 38.3 Å². The van der Waals surface area contributed by atoms with Crippen LogP contribution in [0.25, 0.3) is 0 Å². The number of piperazine rings is 1. The van der Waals surface area contributed by atoms with Gasteiger partial charge in [0.2, 0.25) is 10.0 Å². The molecule has 0 N–H and O–H groups in total. The number of sulfonamides is 1. The number of ether oxygens (including phenoxy) is 1. The van der Waals surface area contributed by atoms with Crippen LogP contribution in [0.4, 0.5) is 13.2 Å². The van der Waals surface area contributed by atoms with E-state index in [1.165, 1.54) is 22.5 Å².